The van der Waals surface area contributed by atoms with Gasteiger partial charge in [-0.25, -0.2) is 0 Å². The molecule has 2 aromatic rings. The standard InChI is InChI=1S/C24H30N6/c25-13-18-1-2-20(22-21(18)27-10-11-28-22)30-15-19(24(17-30)3-4-24)14-29-12-7-23(16-29)5-8-26-9-6-23/h1-2,10-11,19,26H,3-9,12,14-17H2. The number of nitrogens with zero attached hydrogens (tertiary/aromatic N) is 5. The van der Waals surface area contributed by atoms with Crippen molar-refractivity contribution in [3.8, 4) is 6.07 Å². The molecule has 0 amide bonds. The Hall–Kier alpha value is -2.23. The highest BCUT2D eigenvalue weighted by Crippen LogP contribution is 2.57. The molecule has 1 aliphatic carbocycles. The summed E-state index contributed by atoms with van der Waals surface area (Å²) in [4.78, 5) is 14.4. The monoisotopic (exact) mass is 402 g/mol. The second-order valence-electron chi connectivity index (χ2n) is 10.2. The van der Waals surface area contributed by atoms with E-state index in [0.717, 1.165) is 35.7 Å². The van der Waals surface area contributed by atoms with Crippen molar-refractivity contribution in [3.05, 3.63) is 30.1 Å². The topological polar surface area (TPSA) is 68.1 Å². The molecule has 1 N–H and O–H groups in total. The third-order valence-corrected chi connectivity index (χ3v) is 8.43. The molecule has 1 aromatic carbocycles. The van der Waals surface area contributed by atoms with Crippen LogP contribution in [0.3, 0.4) is 0 Å². The first kappa shape index (κ1) is 18.5. The molecule has 2 spiro atoms. The van der Waals surface area contributed by atoms with E-state index in [9.17, 15) is 5.26 Å². The van der Waals surface area contributed by atoms with Gasteiger partial charge in [0, 0.05) is 38.6 Å². The Morgan fingerprint density at radius 1 is 1.03 bits per heavy atom. The molecule has 30 heavy (non-hydrogen) atoms. The summed E-state index contributed by atoms with van der Waals surface area (Å²) in [5.41, 5.74) is 4.46. The Kier molecular flexibility index (Phi) is 4.26. The summed E-state index contributed by atoms with van der Waals surface area (Å²) in [5, 5.41) is 13.0. The lowest BCUT2D eigenvalue weighted by Gasteiger charge is -2.34. The number of nitriles is 1. The van der Waals surface area contributed by atoms with Gasteiger partial charge in [-0.1, -0.05) is 0 Å². The summed E-state index contributed by atoms with van der Waals surface area (Å²) < 4.78 is 0. The van der Waals surface area contributed by atoms with Crippen LogP contribution in [-0.2, 0) is 0 Å². The van der Waals surface area contributed by atoms with Gasteiger partial charge in [0.25, 0.3) is 0 Å². The highest BCUT2D eigenvalue weighted by Gasteiger charge is 2.55. The highest BCUT2D eigenvalue weighted by molar-refractivity contribution is 5.92. The molecule has 1 saturated carbocycles. The van der Waals surface area contributed by atoms with Gasteiger partial charge in [0.05, 0.1) is 11.3 Å². The van der Waals surface area contributed by atoms with Crippen LogP contribution in [0.2, 0.25) is 0 Å². The van der Waals surface area contributed by atoms with Crippen molar-refractivity contribution < 1.29 is 0 Å². The quantitative estimate of drug-likeness (QED) is 0.852. The molecule has 3 aliphatic heterocycles. The van der Waals surface area contributed by atoms with E-state index in [2.05, 4.69) is 37.2 Å². The lowest BCUT2D eigenvalue weighted by molar-refractivity contribution is 0.177. The summed E-state index contributed by atoms with van der Waals surface area (Å²) in [6.45, 7) is 8.43. The van der Waals surface area contributed by atoms with Crippen LogP contribution in [0.25, 0.3) is 11.0 Å². The number of rotatable bonds is 3. The fraction of sp³-hybridized carbons (Fsp3) is 0.625. The fourth-order valence-corrected chi connectivity index (χ4v) is 6.44. The van der Waals surface area contributed by atoms with E-state index < -0.39 is 0 Å². The van der Waals surface area contributed by atoms with Crippen molar-refractivity contribution in [2.24, 2.45) is 16.7 Å². The molecule has 4 aliphatic rings. The second kappa shape index (κ2) is 6.90. The lowest BCUT2D eigenvalue weighted by atomic mass is 9.78. The zero-order chi connectivity index (χ0) is 20.2. The molecule has 156 valence electrons. The normalized spacial score (nSPS) is 27.2. The zero-order valence-corrected chi connectivity index (χ0v) is 17.6. The third-order valence-electron chi connectivity index (χ3n) is 8.43. The number of benzene rings is 1. The molecule has 6 heteroatoms. The smallest absolute Gasteiger partial charge is 0.113 e. The first-order valence-electron chi connectivity index (χ1n) is 11.5. The Labute approximate surface area is 178 Å². The number of hydrogen-bond donors (Lipinski definition) is 1. The summed E-state index contributed by atoms with van der Waals surface area (Å²) in [6.07, 6.45) is 10.2. The molecule has 0 bridgehead atoms. The molecule has 4 heterocycles. The van der Waals surface area contributed by atoms with Gasteiger partial charge in [-0.2, -0.15) is 5.26 Å². The summed E-state index contributed by atoms with van der Waals surface area (Å²) >= 11 is 0. The van der Waals surface area contributed by atoms with E-state index in [1.54, 1.807) is 12.4 Å². The van der Waals surface area contributed by atoms with Gasteiger partial charge in [0.15, 0.2) is 0 Å². The van der Waals surface area contributed by atoms with Crippen LogP contribution in [0.15, 0.2) is 24.5 Å². The van der Waals surface area contributed by atoms with Crippen LogP contribution in [0.4, 0.5) is 5.69 Å². The SMILES string of the molecule is N#Cc1ccc(N2CC(CN3CCC4(CCNCC4)C3)C3(CC3)C2)c2nccnc12. The van der Waals surface area contributed by atoms with E-state index in [1.807, 2.05) is 6.07 Å². The predicted octanol–water partition coefficient (Wildman–Crippen LogP) is 2.79. The van der Waals surface area contributed by atoms with Crippen LogP contribution in [0.1, 0.15) is 37.7 Å². The largest absolute Gasteiger partial charge is 0.369 e. The van der Waals surface area contributed by atoms with Gasteiger partial charge < -0.3 is 15.1 Å². The van der Waals surface area contributed by atoms with E-state index in [-0.39, 0.29) is 0 Å². The minimum atomic E-state index is 0.492. The van der Waals surface area contributed by atoms with Gasteiger partial charge in [-0.05, 0) is 80.6 Å². The summed E-state index contributed by atoms with van der Waals surface area (Å²) in [5.74, 6) is 0.733. The molecule has 6 rings (SSSR count). The van der Waals surface area contributed by atoms with Gasteiger partial charge in [-0.15, -0.1) is 0 Å². The maximum atomic E-state index is 9.45. The molecular formula is C24H30N6. The summed E-state index contributed by atoms with van der Waals surface area (Å²) in [6, 6.07) is 6.28. The van der Waals surface area contributed by atoms with Crippen molar-refractivity contribution in [2.45, 2.75) is 32.1 Å². The highest BCUT2D eigenvalue weighted by atomic mass is 15.2. The molecule has 4 fully saturated rings. The van der Waals surface area contributed by atoms with Crippen molar-refractivity contribution in [1.29, 1.82) is 5.26 Å². The average molecular weight is 403 g/mol. The average Bonchev–Trinajstić information content (AvgIpc) is 3.34. The van der Waals surface area contributed by atoms with E-state index in [4.69, 9.17) is 0 Å². The summed E-state index contributed by atoms with van der Waals surface area (Å²) in [7, 11) is 0. The van der Waals surface area contributed by atoms with E-state index in [0.29, 0.717) is 16.4 Å². The number of nitrogens with one attached hydrogen (secondary N) is 1. The maximum Gasteiger partial charge on any atom is 0.113 e. The number of likely N-dealkylation sites (tertiary alicyclic amines) is 1. The Morgan fingerprint density at radius 3 is 2.60 bits per heavy atom. The van der Waals surface area contributed by atoms with E-state index >= 15 is 0 Å². The molecule has 1 aromatic heterocycles. The lowest BCUT2D eigenvalue weighted by Crippen LogP contribution is -2.40. The van der Waals surface area contributed by atoms with Crippen molar-refractivity contribution >= 4 is 16.7 Å². The number of aromatic nitrogens is 2. The van der Waals surface area contributed by atoms with Crippen molar-refractivity contribution in [1.82, 2.24) is 20.2 Å². The predicted molar refractivity (Wildman–Crippen MR) is 117 cm³/mol. The Morgan fingerprint density at radius 2 is 1.83 bits per heavy atom. The molecule has 3 saturated heterocycles. The van der Waals surface area contributed by atoms with Gasteiger partial charge in [-0.3, -0.25) is 9.97 Å². The first-order valence-corrected chi connectivity index (χ1v) is 11.5. The molecular weight excluding hydrogens is 372 g/mol. The Balaban J connectivity index is 1.22. The van der Waals surface area contributed by atoms with E-state index in [1.165, 1.54) is 64.8 Å². The third kappa shape index (κ3) is 2.99. The Bertz CT molecular complexity index is 1000. The van der Waals surface area contributed by atoms with Gasteiger partial charge in [0.1, 0.15) is 17.1 Å². The van der Waals surface area contributed by atoms with Crippen LogP contribution in [0, 0.1) is 28.1 Å². The minimum absolute atomic E-state index is 0.492. The molecule has 0 radical (unpaired) electrons. The van der Waals surface area contributed by atoms with Gasteiger partial charge >= 0.3 is 0 Å². The number of anilines is 1. The fourth-order valence-electron chi connectivity index (χ4n) is 6.44. The van der Waals surface area contributed by atoms with Crippen molar-refractivity contribution in [2.75, 3.05) is 50.7 Å². The van der Waals surface area contributed by atoms with Crippen LogP contribution < -0.4 is 10.2 Å². The molecule has 1 unspecified atom stereocenters. The van der Waals surface area contributed by atoms with Crippen molar-refractivity contribution in [3.63, 3.8) is 0 Å². The number of hydrogen-bond acceptors (Lipinski definition) is 6. The van der Waals surface area contributed by atoms with Crippen LogP contribution >= 0.6 is 0 Å². The maximum absolute atomic E-state index is 9.45. The first-order chi connectivity index (χ1) is 14.7. The molecule has 1 atom stereocenters. The second-order valence-corrected chi connectivity index (χ2v) is 10.2. The van der Waals surface area contributed by atoms with Crippen LogP contribution in [0.5, 0.6) is 0 Å². The molecule has 6 nitrogen and oxygen atoms in total. The number of fused-ring (bicyclic) bond motifs is 1. The minimum Gasteiger partial charge on any atom is -0.369 e. The number of piperidine rings is 1. The van der Waals surface area contributed by atoms with Gasteiger partial charge in [0.2, 0.25) is 0 Å². The van der Waals surface area contributed by atoms with Crippen LogP contribution in [-0.4, -0.2) is 60.7 Å². The zero-order valence-electron chi connectivity index (χ0n) is 17.6.